The van der Waals surface area contributed by atoms with Gasteiger partial charge in [0.15, 0.2) is 0 Å². The number of hydrogen-bond donors (Lipinski definition) is 7. The minimum absolute atomic E-state index is 0. The zero-order valence-corrected chi connectivity index (χ0v) is 17.9. The van der Waals surface area contributed by atoms with E-state index in [0.717, 1.165) is 0 Å². The summed E-state index contributed by atoms with van der Waals surface area (Å²) < 4.78 is 0. The fourth-order valence-corrected chi connectivity index (χ4v) is 0. The molecule has 0 rings (SSSR count). The first kappa shape index (κ1) is 51.8. The molecule has 0 radical (unpaired) electrons. The molecule has 0 fully saturated rings. The molecule has 0 aromatic rings. The van der Waals surface area contributed by atoms with Gasteiger partial charge in [0.1, 0.15) is 0 Å². The van der Waals surface area contributed by atoms with E-state index >= 15 is 0 Å². The van der Waals surface area contributed by atoms with Gasteiger partial charge in [-0.05, 0) is 6.92 Å². The van der Waals surface area contributed by atoms with E-state index < -0.39 is 36.9 Å². The van der Waals surface area contributed by atoms with Gasteiger partial charge >= 0.3 is 40.4 Å². The molecule has 0 aromatic carbocycles. The van der Waals surface area contributed by atoms with Crippen LogP contribution in [-0.2, 0) is 24.4 Å². The van der Waals surface area contributed by atoms with Gasteiger partial charge in [-0.25, -0.2) is 0 Å². The van der Waals surface area contributed by atoms with Crippen molar-refractivity contribution in [1.29, 1.82) is 0 Å². The molecule has 0 spiro atoms. The number of rotatable bonds is 1. The minimum Gasteiger partial charge on any atom is -0.424 e. The molecule has 0 aliphatic heterocycles. The molecule has 0 heterocycles. The third kappa shape index (κ3) is 217. The third-order valence-electron chi connectivity index (χ3n) is 0.637. The van der Waals surface area contributed by atoms with E-state index in [0.29, 0.717) is 0 Å². The number of hydrogen-bond acceptors (Lipinski definition) is 22. The van der Waals surface area contributed by atoms with Gasteiger partial charge in [-0.2, -0.15) is 0 Å². The Bertz CT molecular complexity index is 347. The quantitative estimate of drug-likeness (QED) is 0.0741. The van der Waals surface area contributed by atoms with Crippen molar-refractivity contribution in [2.24, 2.45) is 0 Å². The van der Waals surface area contributed by atoms with Gasteiger partial charge in [0, 0.05) is 0 Å². The van der Waals surface area contributed by atoms with Crippen LogP contribution in [0.1, 0.15) is 6.92 Å². The molecule has 1 atom stereocenters. The van der Waals surface area contributed by atoms with Crippen molar-refractivity contribution in [2.45, 2.75) is 13.0 Å². The van der Waals surface area contributed by atoms with Crippen molar-refractivity contribution in [3.63, 3.8) is 0 Å². The van der Waals surface area contributed by atoms with Crippen LogP contribution in [0.4, 0.5) is 24.0 Å². The van der Waals surface area contributed by atoms with Crippen molar-refractivity contribution in [3.05, 3.63) is 0 Å². The summed E-state index contributed by atoms with van der Waals surface area (Å²) in [5.74, 6) is 0. The van der Waals surface area contributed by atoms with E-state index in [2.05, 4.69) is 24.4 Å². The number of aliphatic hydroxyl groups is 2. The average molecular weight is 512 g/mol. The Labute approximate surface area is 201 Å². The number of aliphatic hydroxyl groups excluding tert-OH is 2. The second kappa shape index (κ2) is 46.5. The first-order valence-electron chi connectivity index (χ1n) is 5.53. The Balaban J connectivity index is -0.0000000356. The molecule has 182 valence electrons. The fraction of sp³-hybridized carbons (Fsp3) is 0.375. The summed E-state index contributed by atoms with van der Waals surface area (Å²) in [6, 6.07) is 0. The summed E-state index contributed by atoms with van der Waals surface area (Å²) in [6.45, 7) is 1.39. The largest absolute Gasteiger partial charge is 3.00 e. The second-order valence-corrected chi connectivity index (χ2v) is 2.74. The van der Waals surface area contributed by atoms with Gasteiger partial charge in [0.2, 0.25) is 0 Å². The molecule has 7 N–H and O–H groups in total. The Kier molecular flexibility index (Phi) is 75.3. The molecule has 0 aliphatic carbocycles. The molecule has 32 heavy (non-hydrogen) atoms. The number of carboxylic acid groups (broad SMARTS) is 5. The summed E-state index contributed by atoms with van der Waals surface area (Å²) in [6.07, 6.45) is -10.3. The Morgan fingerprint density at radius 2 is 0.688 bits per heavy atom. The van der Waals surface area contributed by atoms with Crippen LogP contribution in [0.2, 0.25) is 0 Å². The van der Waals surface area contributed by atoms with Crippen LogP contribution in [0, 0.1) is 0 Å². The molecule has 0 aromatic heterocycles. The molecule has 0 bridgehead atoms. The van der Waals surface area contributed by atoms with Crippen LogP contribution in [-0.4, -0.2) is 120 Å². The monoisotopic (exact) mass is 512 g/mol. The van der Waals surface area contributed by atoms with Gasteiger partial charge in [-0.15, -0.1) is 0 Å². The molecule has 0 aliphatic rings. The molecule has 24 heteroatoms. The summed E-state index contributed by atoms with van der Waals surface area (Å²) in [7, 11) is 0. The molecule has 0 saturated heterocycles. The zero-order valence-electron chi connectivity index (χ0n) is 15.3. The Morgan fingerprint density at radius 1 is 0.625 bits per heavy atom. The van der Waals surface area contributed by atoms with Crippen LogP contribution in [0.25, 0.3) is 0 Å². The van der Waals surface area contributed by atoms with Crippen molar-refractivity contribution in [1.82, 2.24) is 0 Å². The van der Waals surface area contributed by atoms with Crippen LogP contribution in [0.3, 0.4) is 0 Å². The molecule has 1 unspecified atom stereocenters. The maximum atomic E-state index is 8.78. The van der Waals surface area contributed by atoms with Gasteiger partial charge in [0.25, 0.3) is 30.8 Å². The number of carbonyl (C=O) groups excluding carboxylic acids is 5. The molecule has 0 amide bonds. The molecule has 0 saturated carbocycles. The molecule has 22 nitrogen and oxygen atoms in total. The topological polar surface area (TPSA) is 388 Å². The van der Waals surface area contributed by atoms with Gasteiger partial charge in [-0.1, -0.05) is 0 Å². The predicted octanol–water partition coefficient (Wildman–Crippen LogP) is -7.31. The van der Waals surface area contributed by atoms with E-state index in [1.54, 1.807) is 0 Å². The van der Waals surface area contributed by atoms with E-state index in [4.69, 9.17) is 86.0 Å². The first-order chi connectivity index (χ1) is 13.6. The number of carbonyl (C=O) groups is 5. The maximum absolute atomic E-state index is 8.78. The summed E-state index contributed by atoms with van der Waals surface area (Å²) in [4.78, 5) is 56.7. The third-order valence-corrected chi connectivity index (χ3v) is 0.637. The minimum atomic E-state index is -1.94. The molecular weight excluding hydrogens is 499 g/mol. The zero-order chi connectivity index (χ0) is 25.7. The molecular formula is C8H13AlMgO22. The maximum Gasteiger partial charge on any atom is 3.00 e. The average Bonchev–Trinajstić information content (AvgIpc) is 2.69. The van der Waals surface area contributed by atoms with Crippen LogP contribution >= 0.6 is 0 Å². The van der Waals surface area contributed by atoms with Crippen molar-refractivity contribution in [2.75, 3.05) is 6.61 Å². The summed E-state index contributed by atoms with van der Waals surface area (Å²) in [5.41, 5.74) is 0. The Morgan fingerprint density at radius 3 is 0.688 bits per heavy atom. The predicted molar refractivity (Wildman–Crippen MR) is 75.8 cm³/mol. The van der Waals surface area contributed by atoms with Gasteiger partial charge in [0.05, 0.1) is 12.7 Å². The van der Waals surface area contributed by atoms with E-state index in [1.807, 2.05) is 0 Å². The fourth-order valence-electron chi connectivity index (χ4n) is 0. The van der Waals surface area contributed by atoms with E-state index in [-0.39, 0.29) is 47.0 Å². The summed E-state index contributed by atoms with van der Waals surface area (Å²) >= 11 is 0. The van der Waals surface area contributed by atoms with Crippen LogP contribution in [0.5, 0.6) is 0 Å². The van der Waals surface area contributed by atoms with Crippen LogP contribution < -0.4 is 25.5 Å². The Hall–Kier alpha value is -2.63. The van der Waals surface area contributed by atoms with Crippen molar-refractivity contribution >= 4 is 71.2 Å². The smallest absolute Gasteiger partial charge is 0.424 e. The van der Waals surface area contributed by atoms with Gasteiger partial charge in [-0.3, -0.25) is 26.3 Å². The van der Waals surface area contributed by atoms with Crippen molar-refractivity contribution in [3.8, 4) is 0 Å². The summed E-state index contributed by atoms with van der Waals surface area (Å²) in [5, 5.41) is 94.8. The first-order valence-corrected chi connectivity index (χ1v) is 5.53. The SMILES string of the molecule is CC(O)CO.O=C([O-])OO.O=C([O-])OO.O=C([O-])OO.O=C([O-])OO.O=C([O-])OO.[Al+3].[Mg+2]. The normalized spacial score (nSPS) is 7.50. The standard InChI is InChI=1S/C3H8O2.5CH2O4.Al.Mg/c1-3(5)2-4;5*2-1(3)5-4;;/h3-5H,2H2,1H3;5*4H,(H,2,3);;/q;;;;;;+3;+2/p-5. The van der Waals surface area contributed by atoms with Crippen molar-refractivity contribution < 1.29 is 110 Å². The van der Waals surface area contributed by atoms with E-state index in [1.165, 1.54) is 6.92 Å². The van der Waals surface area contributed by atoms with E-state index in [9.17, 15) is 0 Å². The second-order valence-electron chi connectivity index (χ2n) is 2.74. The van der Waals surface area contributed by atoms with Crippen LogP contribution in [0.15, 0.2) is 0 Å². The van der Waals surface area contributed by atoms with Gasteiger partial charge < -0.3 is 84.2 Å².